The minimum absolute atomic E-state index is 0. The molecule has 2 heterocycles. The van der Waals surface area contributed by atoms with Gasteiger partial charge in [-0.15, -0.1) is 12.4 Å². The molecule has 1 aliphatic rings. The topological polar surface area (TPSA) is 31.6 Å². The van der Waals surface area contributed by atoms with Crippen LogP contribution in [0.2, 0.25) is 0 Å². The number of β-amino-alcohol motifs (C(OH)–C–C–N with tert-alkyl or cyclic N) is 1. The van der Waals surface area contributed by atoms with Crippen molar-refractivity contribution in [3.8, 4) is 0 Å². The number of benzene rings is 3. The number of para-hydroxylation sites is 2. The summed E-state index contributed by atoms with van der Waals surface area (Å²) in [5.74, 6) is 0. The molecule has 0 radical (unpaired) electrons. The van der Waals surface area contributed by atoms with Gasteiger partial charge in [0.15, 0.2) is 0 Å². The lowest BCUT2D eigenvalue weighted by molar-refractivity contribution is 0.0634. The zero-order valence-electron chi connectivity index (χ0n) is 17.7. The fourth-order valence-electron chi connectivity index (χ4n) is 4.74. The molecule has 4 nitrogen and oxygen atoms in total. The minimum atomic E-state index is -0.384. The SMILES string of the molecule is Cl.OC(CN1CCN(Cc2ccccc2)CC1)Cn1c2ccccc2c2ccccc21. The molecule has 0 saturated carbocycles. The van der Waals surface area contributed by atoms with Crippen molar-refractivity contribution in [3.05, 3.63) is 84.4 Å². The summed E-state index contributed by atoms with van der Waals surface area (Å²) in [6, 6.07) is 27.7. The fourth-order valence-corrected chi connectivity index (χ4v) is 4.74. The first-order valence-corrected chi connectivity index (χ1v) is 10.9. The van der Waals surface area contributed by atoms with E-state index in [9.17, 15) is 5.11 Å². The standard InChI is InChI=1S/C26H29N3O.ClH/c30-22(19-28-16-14-27(15-17-28)18-21-8-2-1-3-9-21)20-29-25-12-6-4-10-23(25)24-11-5-7-13-26(24)29;/h1-13,22,30H,14-20H2;1H. The van der Waals surface area contributed by atoms with Crippen LogP contribution in [0, 0.1) is 0 Å². The van der Waals surface area contributed by atoms with Crippen LogP contribution in [0.5, 0.6) is 0 Å². The van der Waals surface area contributed by atoms with E-state index >= 15 is 0 Å². The molecule has 1 saturated heterocycles. The van der Waals surface area contributed by atoms with Gasteiger partial charge in [0.1, 0.15) is 0 Å². The molecule has 5 heteroatoms. The van der Waals surface area contributed by atoms with Crippen LogP contribution in [0.25, 0.3) is 21.8 Å². The number of aliphatic hydroxyl groups is 1. The number of fused-ring (bicyclic) bond motifs is 3. The Morgan fingerprint density at radius 3 is 1.77 bits per heavy atom. The van der Waals surface area contributed by atoms with E-state index in [1.165, 1.54) is 27.4 Å². The fraction of sp³-hybridized carbons (Fsp3) is 0.308. The van der Waals surface area contributed by atoms with Crippen LogP contribution in [-0.2, 0) is 13.1 Å². The Bertz CT molecular complexity index is 1070. The van der Waals surface area contributed by atoms with Crippen LogP contribution in [0.15, 0.2) is 78.9 Å². The molecule has 0 spiro atoms. The van der Waals surface area contributed by atoms with E-state index in [4.69, 9.17) is 0 Å². The molecule has 1 aliphatic heterocycles. The van der Waals surface area contributed by atoms with E-state index in [-0.39, 0.29) is 18.5 Å². The molecule has 31 heavy (non-hydrogen) atoms. The van der Waals surface area contributed by atoms with Crippen molar-refractivity contribution in [3.63, 3.8) is 0 Å². The molecule has 4 aromatic rings. The van der Waals surface area contributed by atoms with Gasteiger partial charge in [-0.2, -0.15) is 0 Å². The first-order valence-electron chi connectivity index (χ1n) is 10.9. The zero-order valence-corrected chi connectivity index (χ0v) is 18.5. The second-order valence-corrected chi connectivity index (χ2v) is 8.36. The molecule has 1 fully saturated rings. The first-order chi connectivity index (χ1) is 14.8. The lowest BCUT2D eigenvalue weighted by Gasteiger charge is -2.35. The Labute approximate surface area is 190 Å². The molecule has 1 aromatic heterocycles. The Morgan fingerprint density at radius 2 is 1.16 bits per heavy atom. The van der Waals surface area contributed by atoms with Crippen molar-refractivity contribution in [1.82, 2.24) is 14.4 Å². The molecule has 0 bridgehead atoms. The molecule has 1 N–H and O–H groups in total. The third-order valence-corrected chi connectivity index (χ3v) is 6.26. The molecule has 1 unspecified atom stereocenters. The number of halogens is 1. The maximum absolute atomic E-state index is 10.9. The third-order valence-electron chi connectivity index (χ3n) is 6.26. The van der Waals surface area contributed by atoms with E-state index in [1.807, 2.05) is 0 Å². The number of hydrogen-bond acceptors (Lipinski definition) is 3. The molecular weight excluding hydrogens is 406 g/mol. The molecule has 5 rings (SSSR count). The van der Waals surface area contributed by atoms with Crippen LogP contribution in [-0.4, -0.2) is 58.3 Å². The summed E-state index contributed by atoms with van der Waals surface area (Å²) < 4.78 is 2.28. The molecule has 3 aromatic carbocycles. The van der Waals surface area contributed by atoms with Crippen molar-refractivity contribution in [2.75, 3.05) is 32.7 Å². The number of aromatic nitrogens is 1. The number of hydrogen-bond donors (Lipinski definition) is 1. The van der Waals surface area contributed by atoms with E-state index in [2.05, 4.69) is 93.2 Å². The summed E-state index contributed by atoms with van der Waals surface area (Å²) in [5.41, 5.74) is 3.77. The smallest absolute Gasteiger partial charge is 0.0845 e. The maximum Gasteiger partial charge on any atom is 0.0845 e. The highest BCUT2D eigenvalue weighted by Crippen LogP contribution is 2.28. The lowest BCUT2D eigenvalue weighted by Crippen LogP contribution is -2.48. The summed E-state index contributed by atoms with van der Waals surface area (Å²) in [6.45, 7) is 6.49. The maximum atomic E-state index is 10.9. The normalized spacial score (nSPS) is 16.4. The minimum Gasteiger partial charge on any atom is -0.390 e. The summed E-state index contributed by atoms with van der Waals surface area (Å²) in [7, 11) is 0. The highest BCUT2D eigenvalue weighted by molar-refractivity contribution is 6.07. The van der Waals surface area contributed by atoms with E-state index < -0.39 is 0 Å². The van der Waals surface area contributed by atoms with Gasteiger partial charge in [0, 0.05) is 61.1 Å². The number of aliphatic hydroxyl groups excluding tert-OH is 1. The van der Waals surface area contributed by atoms with Gasteiger partial charge in [-0.05, 0) is 17.7 Å². The quantitative estimate of drug-likeness (QED) is 0.487. The van der Waals surface area contributed by atoms with E-state index in [1.54, 1.807) is 0 Å². The molecule has 1 atom stereocenters. The Hall–Kier alpha value is -2.37. The second-order valence-electron chi connectivity index (χ2n) is 8.36. The highest BCUT2D eigenvalue weighted by Gasteiger charge is 2.20. The van der Waals surface area contributed by atoms with Gasteiger partial charge < -0.3 is 9.67 Å². The summed E-state index contributed by atoms with van der Waals surface area (Å²) in [4.78, 5) is 4.91. The predicted octanol–water partition coefficient (Wildman–Crippen LogP) is 4.40. The van der Waals surface area contributed by atoms with Crippen molar-refractivity contribution < 1.29 is 5.11 Å². The van der Waals surface area contributed by atoms with Gasteiger partial charge in [0.25, 0.3) is 0 Å². The van der Waals surface area contributed by atoms with Crippen LogP contribution in [0.1, 0.15) is 5.56 Å². The highest BCUT2D eigenvalue weighted by atomic mass is 35.5. The second kappa shape index (κ2) is 9.84. The van der Waals surface area contributed by atoms with Gasteiger partial charge in [-0.1, -0.05) is 66.7 Å². The summed E-state index contributed by atoms with van der Waals surface area (Å²) >= 11 is 0. The predicted molar refractivity (Wildman–Crippen MR) is 131 cm³/mol. The van der Waals surface area contributed by atoms with Crippen LogP contribution < -0.4 is 0 Å². The molecule has 0 amide bonds. The zero-order chi connectivity index (χ0) is 20.3. The van der Waals surface area contributed by atoms with Gasteiger partial charge >= 0.3 is 0 Å². The Balaban J connectivity index is 0.00000231. The van der Waals surface area contributed by atoms with Gasteiger partial charge in [-0.3, -0.25) is 9.80 Å². The summed E-state index contributed by atoms with van der Waals surface area (Å²) in [5, 5.41) is 13.4. The van der Waals surface area contributed by atoms with Crippen molar-refractivity contribution in [2.45, 2.75) is 19.2 Å². The van der Waals surface area contributed by atoms with Crippen molar-refractivity contribution >= 4 is 34.2 Å². The molecular formula is C26H30ClN3O. The average Bonchev–Trinajstić information content (AvgIpc) is 3.10. The summed E-state index contributed by atoms with van der Waals surface area (Å²) in [6.07, 6.45) is -0.384. The van der Waals surface area contributed by atoms with Gasteiger partial charge in [0.2, 0.25) is 0 Å². The first kappa shape index (κ1) is 21.8. The van der Waals surface area contributed by atoms with Crippen LogP contribution in [0.3, 0.4) is 0 Å². The number of nitrogens with zero attached hydrogens (tertiary/aromatic N) is 3. The van der Waals surface area contributed by atoms with Gasteiger partial charge in [0.05, 0.1) is 12.6 Å². The molecule has 0 aliphatic carbocycles. The van der Waals surface area contributed by atoms with E-state index in [0.29, 0.717) is 6.54 Å². The number of rotatable bonds is 6. The average molecular weight is 436 g/mol. The van der Waals surface area contributed by atoms with Crippen molar-refractivity contribution in [1.29, 1.82) is 0 Å². The molecule has 162 valence electrons. The van der Waals surface area contributed by atoms with Crippen molar-refractivity contribution in [2.24, 2.45) is 0 Å². The van der Waals surface area contributed by atoms with E-state index in [0.717, 1.165) is 39.3 Å². The largest absolute Gasteiger partial charge is 0.390 e. The monoisotopic (exact) mass is 435 g/mol. The van der Waals surface area contributed by atoms with Crippen LogP contribution >= 0.6 is 12.4 Å². The van der Waals surface area contributed by atoms with Crippen LogP contribution in [0.4, 0.5) is 0 Å². The third kappa shape index (κ3) is 4.78. The number of piperazine rings is 1. The lowest BCUT2D eigenvalue weighted by atomic mass is 10.2. The van der Waals surface area contributed by atoms with Gasteiger partial charge in [-0.25, -0.2) is 0 Å². The Morgan fingerprint density at radius 1 is 0.645 bits per heavy atom. The Kier molecular flexibility index (Phi) is 6.93.